The van der Waals surface area contributed by atoms with E-state index in [1.165, 1.54) is 36.2 Å². The highest BCUT2D eigenvalue weighted by atomic mass is 35.5. The van der Waals surface area contributed by atoms with Gasteiger partial charge in [-0.15, -0.1) is 23.7 Å². The zero-order valence-electron chi connectivity index (χ0n) is 18.0. The minimum Gasteiger partial charge on any atom is -0.507 e. The third-order valence-corrected chi connectivity index (χ3v) is 7.51. The first kappa shape index (κ1) is 21.9. The van der Waals surface area contributed by atoms with Gasteiger partial charge >= 0.3 is 0 Å². The van der Waals surface area contributed by atoms with Crippen molar-refractivity contribution >= 4 is 44.7 Å². The number of benzene rings is 2. The number of rotatable bonds is 4. The van der Waals surface area contributed by atoms with E-state index in [1.54, 1.807) is 6.07 Å². The minimum atomic E-state index is -0.0711. The number of aromatic amines is 1. The molecule has 1 saturated carbocycles. The molecule has 0 spiro atoms. The highest BCUT2D eigenvalue weighted by Gasteiger charge is 2.38. The van der Waals surface area contributed by atoms with Gasteiger partial charge in [-0.1, -0.05) is 30.7 Å². The molecule has 0 unspecified atom stereocenters. The smallest absolute Gasteiger partial charge is 0.266 e. The fourth-order valence-corrected chi connectivity index (χ4v) is 5.91. The number of nitrogens with one attached hydrogen (secondary N) is 1. The summed E-state index contributed by atoms with van der Waals surface area (Å²) in [6, 6.07) is 12.4. The summed E-state index contributed by atoms with van der Waals surface area (Å²) < 4.78 is 0.699. The standard InChI is InChI=1S/C25H26N2O2S.ClH/c1-15-13-19(28)20(21-18-9-12-30-23(18)24(29)26-22(15)21)16-5-7-17(8-6-16)25(10-4-11-25)14-27(2)3;/h5-9,12-13,28H,4,10-11,14H2,1-3H3,(H,26,29);1H. The molecule has 1 aliphatic carbocycles. The number of phenolic OH excluding ortho intramolecular Hbond substituents is 1. The van der Waals surface area contributed by atoms with Crippen LogP contribution in [0.3, 0.4) is 0 Å². The molecule has 2 heterocycles. The summed E-state index contributed by atoms with van der Waals surface area (Å²) in [7, 11) is 4.27. The Bertz CT molecular complexity index is 1320. The number of fused-ring (bicyclic) bond motifs is 3. The van der Waals surface area contributed by atoms with Crippen LogP contribution in [0.5, 0.6) is 5.75 Å². The first-order valence-corrected chi connectivity index (χ1v) is 11.3. The van der Waals surface area contributed by atoms with Gasteiger partial charge in [-0.25, -0.2) is 0 Å². The maximum absolute atomic E-state index is 12.5. The Balaban J connectivity index is 0.00000231. The third-order valence-electron chi connectivity index (χ3n) is 6.60. The molecule has 31 heavy (non-hydrogen) atoms. The summed E-state index contributed by atoms with van der Waals surface area (Å²) in [5, 5.41) is 14.7. The van der Waals surface area contributed by atoms with E-state index in [0.717, 1.165) is 39.5 Å². The number of hydrogen-bond donors (Lipinski definition) is 2. The second-order valence-electron chi connectivity index (χ2n) is 8.90. The maximum Gasteiger partial charge on any atom is 0.266 e. The zero-order chi connectivity index (χ0) is 21.0. The molecule has 0 saturated heterocycles. The monoisotopic (exact) mass is 454 g/mol. The molecule has 1 fully saturated rings. The number of phenols is 1. The lowest BCUT2D eigenvalue weighted by atomic mass is 9.64. The number of likely N-dealkylation sites (N-methyl/N-ethyl adjacent to an activating group) is 1. The second-order valence-corrected chi connectivity index (χ2v) is 9.82. The average molecular weight is 455 g/mol. The van der Waals surface area contributed by atoms with Crippen LogP contribution in [0.25, 0.3) is 32.1 Å². The van der Waals surface area contributed by atoms with Crippen LogP contribution in [-0.4, -0.2) is 35.6 Å². The van der Waals surface area contributed by atoms with E-state index in [4.69, 9.17) is 0 Å². The zero-order valence-corrected chi connectivity index (χ0v) is 19.6. The second kappa shape index (κ2) is 7.97. The van der Waals surface area contributed by atoms with Gasteiger partial charge in [-0.2, -0.15) is 0 Å². The largest absolute Gasteiger partial charge is 0.507 e. The van der Waals surface area contributed by atoms with Crippen LogP contribution >= 0.6 is 23.7 Å². The predicted octanol–water partition coefficient (Wildman–Crippen LogP) is 5.83. The lowest BCUT2D eigenvalue weighted by Gasteiger charge is -2.44. The van der Waals surface area contributed by atoms with Crippen LogP contribution in [-0.2, 0) is 5.41 Å². The van der Waals surface area contributed by atoms with Crippen molar-refractivity contribution in [1.82, 2.24) is 9.88 Å². The van der Waals surface area contributed by atoms with Gasteiger partial charge in [0, 0.05) is 28.3 Å². The molecule has 0 amide bonds. The van der Waals surface area contributed by atoms with Gasteiger partial charge in [0.25, 0.3) is 5.56 Å². The Morgan fingerprint density at radius 1 is 1.16 bits per heavy atom. The van der Waals surface area contributed by atoms with Crippen LogP contribution in [0.4, 0.5) is 0 Å². The number of H-pyrrole nitrogens is 1. The number of aromatic nitrogens is 1. The van der Waals surface area contributed by atoms with Crippen molar-refractivity contribution in [3.05, 3.63) is 63.3 Å². The van der Waals surface area contributed by atoms with E-state index in [-0.39, 0.29) is 29.1 Å². The van der Waals surface area contributed by atoms with E-state index in [0.29, 0.717) is 4.70 Å². The molecule has 2 aromatic heterocycles. The van der Waals surface area contributed by atoms with Crippen molar-refractivity contribution in [2.24, 2.45) is 0 Å². The molecular weight excluding hydrogens is 428 g/mol. The Kier molecular flexibility index (Phi) is 5.63. The van der Waals surface area contributed by atoms with Gasteiger partial charge in [-0.05, 0) is 68.1 Å². The summed E-state index contributed by atoms with van der Waals surface area (Å²) in [5.74, 6) is 0.249. The molecule has 0 bridgehead atoms. The van der Waals surface area contributed by atoms with Crippen molar-refractivity contribution in [2.75, 3.05) is 20.6 Å². The van der Waals surface area contributed by atoms with Crippen molar-refractivity contribution < 1.29 is 5.11 Å². The first-order valence-electron chi connectivity index (χ1n) is 10.4. The molecule has 2 N–H and O–H groups in total. The minimum absolute atomic E-state index is 0. The summed E-state index contributed by atoms with van der Waals surface area (Å²) in [6.45, 7) is 2.98. The summed E-state index contributed by atoms with van der Waals surface area (Å²) in [4.78, 5) is 17.8. The normalized spacial score (nSPS) is 15.2. The summed E-state index contributed by atoms with van der Waals surface area (Å²) >= 11 is 1.44. The SMILES string of the molecule is Cc1cc(O)c(-c2ccc(C3(CN(C)C)CCC3)cc2)c2c1[nH]c(=O)c1sccc12.Cl. The molecule has 162 valence electrons. The van der Waals surface area contributed by atoms with Crippen LogP contribution in [0.15, 0.2) is 46.6 Å². The number of aryl methyl sites for hydroxylation is 1. The van der Waals surface area contributed by atoms with Gasteiger partial charge in [0.1, 0.15) is 10.4 Å². The fourth-order valence-electron chi connectivity index (χ4n) is 5.11. The lowest BCUT2D eigenvalue weighted by Crippen LogP contribution is -2.43. The maximum atomic E-state index is 12.5. The van der Waals surface area contributed by atoms with E-state index in [1.807, 2.05) is 18.4 Å². The Morgan fingerprint density at radius 2 is 1.87 bits per heavy atom. The molecule has 0 aliphatic heterocycles. The van der Waals surface area contributed by atoms with Crippen LogP contribution in [0, 0.1) is 6.92 Å². The van der Waals surface area contributed by atoms with Gasteiger partial charge in [0.15, 0.2) is 0 Å². The number of pyridine rings is 1. The summed E-state index contributed by atoms with van der Waals surface area (Å²) in [5.41, 5.74) is 4.97. The molecule has 0 radical (unpaired) electrons. The highest BCUT2D eigenvalue weighted by molar-refractivity contribution is 7.17. The molecule has 6 heteroatoms. The first-order chi connectivity index (χ1) is 14.4. The third kappa shape index (κ3) is 3.45. The van der Waals surface area contributed by atoms with Gasteiger partial charge < -0.3 is 15.0 Å². The molecule has 4 aromatic rings. The number of nitrogens with zero attached hydrogens (tertiary/aromatic N) is 1. The number of aromatic hydroxyl groups is 1. The van der Waals surface area contributed by atoms with E-state index in [9.17, 15) is 9.90 Å². The quantitative estimate of drug-likeness (QED) is 0.408. The molecule has 1 aliphatic rings. The molecular formula is C25H27ClN2O2S. The van der Waals surface area contributed by atoms with E-state index < -0.39 is 0 Å². The van der Waals surface area contributed by atoms with Crippen molar-refractivity contribution in [3.8, 4) is 16.9 Å². The van der Waals surface area contributed by atoms with Gasteiger partial charge in [-0.3, -0.25) is 4.79 Å². The van der Waals surface area contributed by atoms with E-state index in [2.05, 4.69) is 48.2 Å². The van der Waals surface area contributed by atoms with E-state index >= 15 is 0 Å². The fraction of sp³-hybridized carbons (Fsp3) is 0.320. The topological polar surface area (TPSA) is 56.3 Å². The highest BCUT2D eigenvalue weighted by Crippen LogP contribution is 2.46. The molecule has 4 nitrogen and oxygen atoms in total. The molecule has 2 aromatic carbocycles. The van der Waals surface area contributed by atoms with Crippen molar-refractivity contribution in [2.45, 2.75) is 31.6 Å². The lowest BCUT2D eigenvalue weighted by molar-refractivity contribution is 0.177. The van der Waals surface area contributed by atoms with Crippen LogP contribution < -0.4 is 5.56 Å². The van der Waals surface area contributed by atoms with Crippen molar-refractivity contribution in [3.63, 3.8) is 0 Å². The number of thiophene rings is 1. The summed E-state index contributed by atoms with van der Waals surface area (Å²) in [6.07, 6.45) is 3.72. The van der Waals surface area contributed by atoms with Gasteiger partial charge in [0.2, 0.25) is 0 Å². The average Bonchev–Trinajstić information content (AvgIpc) is 3.17. The Hall–Kier alpha value is -2.34. The van der Waals surface area contributed by atoms with Crippen molar-refractivity contribution in [1.29, 1.82) is 0 Å². The molecule has 0 atom stereocenters. The van der Waals surface area contributed by atoms with Crippen LogP contribution in [0.2, 0.25) is 0 Å². The predicted molar refractivity (Wildman–Crippen MR) is 133 cm³/mol. The molecule has 5 rings (SSSR count). The Morgan fingerprint density at radius 3 is 2.48 bits per heavy atom. The van der Waals surface area contributed by atoms with Gasteiger partial charge in [0.05, 0.1) is 5.52 Å². The number of hydrogen-bond acceptors (Lipinski definition) is 4. The Labute approximate surface area is 191 Å². The number of halogens is 1. The van der Waals surface area contributed by atoms with Crippen LogP contribution in [0.1, 0.15) is 30.4 Å².